The number of rotatable bonds is 19. The number of nitrogens with one attached hydrogen (secondary N) is 1. The summed E-state index contributed by atoms with van der Waals surface area (Å²) in [4.78, 5) is 29.4. The summed E-state index contributed by atoms with van der Waals surface area (Å²) in [5.74, 6) is 0.397. The second kappa shape index (κ2) is 16.5. The minimum atomic E-state index is -4.65. The Morgan fingerprint density at radius 3 is 2.18 bits per heavy atom. The SMILES string of the molecule is CC(=O)C(CCC/C=C\C(=N)N)CCCCCCCCCC1OC(COP(=O)(O)O)C(O)C1O. The molecule has 198 valence electrons. The van der Waals surface area contributed by atoms with Crippen LogP contribution < -0.4 is 5.73 Å². The summed E-state index contributed by atoms with van der Waals surface area (Å²) in [6.45, 7) is 1.19. The summed E-state index contributed by atoms with van der Waals surface area (Å²) in [5, 5.41) is 27.2. The molecule has 5 atom stereocenters. The van der Waals surface area contributed by atoms with Crippen molar-refractivity contribution in [3.05, 3.63) is 12.2 Å². The van der Waals surface area contributed by atoms with E-state index < -0.39 is 38.8 Å². The zero-order valence-corrected chi connectivity index (χ0v) is 21.1. The number of carbonyl (C=O) groups is 1. The molecule has 0 aromatic heterocycles. The summed E-state index contributed by atoms with van der Waals surface area (Å²) in [6.07, 6.45) is 10.9. The van der Waals surface area contributed by atoms with Crippen molar-refractivity contribution < 1.29 is 38.6 Å². The van der Waals surface area contributed by atoms with Crippen molar-refractivity contribution in [1.29, 1.82) is 5.41 Å². The number of aliphatic hydroxyl groups excluding tert-OH is 2. The Bertz CT molecular complexity index is 684. The lowest BCUT2D eigenvalue weighted by molar-refractivity contribution is -0.121. The number of hydrogen-bond donors (Lipinski definition) is 6. The van der Waals surface area contributed by atoms with E-state index in [9.17, 15) is 19.6 Å². The highest BCUT2D eigenvalue weighted by molar-refractivity contribution is 7.46. The van der Waals surface area contributed by atoms with E-state index in [1.165, 1.54) is 0 Å². The number of Topliss-reactive ketones (excluding diaryl/α,β-unsaturated/α-hetero) is 1. The molecule has 0 saturated carbocycles. The van der Waals surface area contributed by atoms with Crippen molar-refractivity contribution in [2.24, 2.45) is 11.7 Å². The number of nitrogens with two attached hydrogens (primary N) is 1. The van der Waals surface area contributed by atoms with Gasteiger partial charge >= 0.3 is 7.82 Å². The first-order valence-electron chi connectivity index (χ1n) is 12.2. The Morgan fingerprint density at radius 1 is 1.03 bits per heavy atom. The lowest BCUT2D eigenvalue weighted by Gasteiger charge is -2.15. The van der Waals surface area contributed by atoms with Gasteiger partial charge in [0.1, 0.15) is 29.9 Å². The maximum absolute atomic E-state index is 11.8. The molecule has 0 aromatic rings. The number of ketones is 1. The molecule has 0 aromatic carbocycles. The fraction of sp³-hybridized carbons (Fsp3) is 0.826. The minimum Gasteiger partial charge on any atom is -0.388 e. The lowest BCUT2D eigenvalue weighted by atomic mass is 9.92. The van der Waals surface area contributed by atoms with Crippen LogP contribution >= 0.6 is 7.82 Å². The summed E-state index contributed by atoms with van der Waals surface area (Å²) < 4.78 is 20.7. The Balaban J connectivity index is 2.09. The average molecular weight is 507 g/mol. The molecule has 34 heavy (non-hydrogen) atoms. The van der Waals surface area contributed by atoms with E-state index in [2.05, 4.69) is 4.52 Å². The number of phosphoric acid groups is 1. The van der Waals surface area contributed by atoms with Crippen LogP contribution in [0.25, 0.3) is 0 Å². The van der Waals surface area contributed by atoms with Crippen LogP contribution in [0.3, 0.4) is 0 Å². The molecule has 5 unspecified atom stereocenters. The van der Waals surface area contributed by atoms with Gasteiger partial charge in [-0.1, -0.05) is 51.0 Å². The fourth-order valence-corrected chi connectivity index (χ4v) is 4.58. The van der Waals surface area contributed by atoms with Crippen molar-refractivity contribution in [3.8, 4) is 0 Å². The van der Waals surface area contributed by atoms with E-state index in [0.717, 1.165) is 70.6 Å². The van der Waals surface area contributed by atoms with Gasteiger partial charge in [0.25, 0.3) is 0 Å². The Hall–Kier alpha value is -1.13. The fourth-order valence-electron chi connectivity index (χ4n) is 4.24. The molecule has 0 radical (unpaired) electrons. The van der Waals surface area contributed by atoms with Crippen LogP contribution in [-0.2, 0) is 18.6 Å². The van der Waals surface area contributed by atoms with Crippen LogP contribution in [0.15, 0.2) is 12.2 Å². The van der Waals surface area contributed by atoms with E-state index in [0.29, 0.717) is 6.42 Å². The molecule has 0 aliphatic carbocycles. The van der Waals surface area contributed by atoms with Crippen molar-refractivity contribution in [2.75, 3.05) is 6.61 Å². The zero-order chi connectivity index (χ0) is 25.6. The quantitative estimate of drug-likeness (QED) is 0.0663. The molecule has 1 heterocycles. The third-order valence-electron chi connectivity index (χ3n) is 6.21. The molecule has 1 rings (SSSR count). The van der Waals surface area contributed by atoms with Crippen LogP contribution in [0.1, 0.15) is 84.0 Å². The van der Waals surface area contributed by atoms with Gasteiger partial charge in [0.05, 0.1) is 12.7 Å². The van der Waals surface area contributed by atoms with Gasteiger partial charge in [-0.2, -0.15) is 0 Å². The molecule has 10 nitrogen and oxygen atoms in total. The maximum Gasteiger partial charge on any atom is 0.469 e. The lowest BCUT2D eigenvalue weighted by Crippen LogP contribution is -2.34. The number of aliphatic hydroxyl groups is 2. The molecular weight excluding hydrogens is 463 g/mol. The third kappa shape index (κ3) is 13.7. The maximum atomic E-state index is 11.8. The van der Waals surface area contributed by atoms with E-state index in [1.807, 2.05) is 6.08 Å². The molecule has 0 bridgehead atoms. The van der Waals surface area contributed by atoms with Crippen molar-refractivity contribution in [3.63, 3.8) is 0 Å². The van der Waals surface area contributed by atoms with Crippen LogP contribution in [0, 0.1) is 11.3 Å². The second-order valence-electron chi connectivity index (χ2n) is 9.13. The molecule has 1 aliphatic heterocycles. The minimum absolute atomic E-state index is 0.0474. The molecule has 11 heteroatoms. The predicted octanol–water partition coefficient (Wildman–Crippen LogP) is 2.96. The highest BCUT2D eigenvalue weighted by atomic mass is 31.2. The number of hydrogen-bond acceptors (Lipinski definition) is 7. The summed E-state index contributed by atoms with van der Waals surface area (Å²) in [7, 11) is -4.65. The number of allylic oxidation sites excluding steroid dienone is 1. The largest absolute Gasteiger partial charge is 0.469 e. The van der Waals surface area contributed by atoms with E-state index >= 15 is 0 Å². The Labute approximate surface area is 202 Å². The predicted molar refractivity (Wildman–Crippen MR) is 129 cm³/mol. The summed E-state index contributed by atoms with van der Waals surface area (Å²) in [5.41, 5.74) is 5.27. The monoisotopic (exact) mass is 506 g/mol. The first-order valence-corrected chi connectivity index (χ1v) is 13.8. The van der Waals surface area contributed by atoms with Gasteiger partial charge < -0.3 is 30.5 Å². The first-order chi connectivity index (χ1) is 16.0. The van der Waals surface area contributed by atoms with Crippen molar-refractivity contribution in [2.45, 2.75) is 108 Å². The van der Waals surface area contributed by atoms with E-state index in [-0.39, 0.29) is 17.5 Å². The Morgan fingerprint density at radius 2 is 1.59 bits per heavy atom. The van der Waals surface area contributed by atoms with Crippen molar-refractivity contribution >= 4 is 19.4 Å². The topological polar surface area (TPSA) is 183 Å². The average Bonchev–Trinajstić information content (AvgIpc) is 3.01. The molecule has 7 N–H and O–H groups in total. The van der Waals surface area contributed by atoms with Gasteiger partial charge in [-0.15, -0.1) is 0 Å². The van der Waals surface area contributed by atoms with Gasteiger partial charge in [0.2, 0.25) is 0 Å². The van der Waals surface area contributed by atoms with Gasteiger partial charge in [-0.05, 0) is 45.1 Å². The van der Waals surface area contributed by atoms with E-state index in [1.54, 1.807) is 13.0 Å². The molecule has 1 aliphatic rings. The van der Waals surface area contributed by atoms with Gasteiger partial charge in [0, 0.05) is 5.92 Å². The van der Waals surface area contributed by atoms with Crippen LogP contribution in [-0.4, -0.2) is 62.6 Å². The highest BCUT2D eigenvalue weighted by Gasteiger charge is 2.42. The normalized spacial score (nSPS) is 24.0. The first kappa shape index (κ1) is 30.9. The molecular formula is C23H43N2O8P. The molecule has 0 amide bonds. The summed E-state index contributed by atoms with van der Waals surface area (Å²) >= 11 is 0. The zero-order valence-electron chi connectivity index (χ0n) is 20.2. The second-order valence-corrected chi connectivity index (χ2v) is 10.4. The highest BCUT2D eigenvalue weighted by Crippen LogP contribution is 2.37. The molecule has 1 saturated heterocycles. The van der Waals surface area contributed by atoms with Crippen LogP contribution in [0.5, 0.6) is 0 Å². The number of unbranched alkanes of at least 4 members (excludes halogenated alkanes) is 7. The number of carbonyl (C=O) groups excluding carboxylic acids is 1. The standard InChI is InChI=1S/C23H43N2O8P/c1-17(26)18(13-9-7-11-15-21(24)25)12-8-5-3-2-4-6-10-14-19-22(27)23(28)20(33-19)16-32-34(29,30)31/h11,15,18-20,22-23,27-28H,2-10,12-14,16H2,1H3,(H3,24,25)(H2,29,30,31)/b15-11-. The molecule has 1 fully saturated rings. The Kier molecular flexibility index (Phi) is 15.0. The third-order valence-corrected chi connectivity index (χ3v) is 6.69. The number of amidine groups is 1. The summed E-state index contributed by atoms with van der Waals surface area (Å²) in [6, 6.07) is 0. The molecule has 0 spiro atoms. The number of ether oxygens (including phenoxy) is 1. The van der Waals surface area contributed by atoms with Gasteiger partial charge in [0.15, 0.2) is 0 Å². The number of phosphoric ester groups is 1. The smallest absolute Gasteiger partial charge is 0.388 e. The van der Waals surface area contributed by atoms with Gasteiger partial charge in [-0.25, -0.2) is 4.57 Å². The van der Waals surface area contributed by atoms with Gasteiger partial charge in [-0.3, -0.25) is 14.7 Å². The van der Waals surface area contributed by atoms with Crippen molar-refractivity contribution in [1.82, 2.24) is 0 Å². The van der Waals surface area contributed by atoms with E-state index in [4.69, 9.17) is 25.7 Å². The van der Waals surface area contributed by atoms with Crippen LogP contribution in [0.4, 0.5) is 0 Å². The van der Waals surface area contributed by atoms with Crippen LogP contribution in [0.2, 0.25) is 0 Å².